The zero-order chi connectivity index (χ0) is 15.9. The molecule has 1 aromatic rings. The van der Waals surface area contributed by atoms with Crippen LogP contribution in [0.15, 0.2) is 18.2 Å². The van der Waals surface area contributed by atoms with Gasteiger partial charge in [-0.15, -0.1) is 0 Å². The van der Waals surface area contributed by atoms with Gasteiger partial charge < -0.3 is 10.1 Å². The van der Waals surface area contributed by atoms with Gasteiger partial charge in [-0.2, -0.15) is 0 Å². The van der Waals surface area contributed by atoms with E-state index in [1.807, 2.05) is 13.2 Å². The van der Waals surface area contributed by atoms with Crippen molar-refractivity contribution in [2.45, 2.75) is 65.0 Å². The fourth-order valence-electron chi connectivity index (χ4n) is 2.97. The van der Waals surface area contributed by atoms with Gasteiger partial charge in [0.15, 0.2) is 0 Å². The van der Waals surface area contributed by atoms with Crippen molar-refractivity contribution in [2.24, 2.45) is 0 Å². The summed E-state index contributed by atoms with van der Waals surface area (Å²) in [7, 11) is 1.82. The second-order valence-corrected chi connectivity index (χ2v) is 6.19. The Balaban J connectivity index is 3.01. The molecule has 3 heteroatoms. The smallest absolute Gasteiger partial charge is 0.0828 e. The van der Waals surface area contributed by atoms with Gasteiger partial charge in [-0.3, -0.25) is 0 Å². The summed E-state index contributed by atoms with van der Waals surface area (Å²) in [5, 5.41) is 4.53. The molecule has 120 valence electrons. The van der Waals surface area contributed by atoms with E-state index in [-0.39, 0.29) is 11.6 Å². The second-order valence-electron chi connectivity index (χ2n) is 5.78. The van der Waals surface area contributed by atoms with Gasteiger partial charge in [-0.1, -0.05) is 44.5 Å². The highest BCUT2D eigenvalue weighted by atomic mass is 35.5. The van der Waals surface area contributed by atoms with Crippen molar-refractivity contribution in [3.8, 4) is 0 Å². The maximum Gasteiger partial charge on any atom is 0.0828 e. The number of hydrogen-bond donors (Lipinski definition) is 1. The van der Waals surface area contributed by atoms with Crippen LogP contribution in [0.5, 0.6) is 0 Å². The third-order valence-electron chi connectivity index (χ3n) is 4.51. The van der Waals surface area contributed by atoms with Gasteiger partial charge in [0.2, 0.25) is 0 Å². The molecule has 0 aromatic heterocycles. The SMILES string of the molecule is CCCNC(Cc1ccc(C)cc1Cl)C(CC)(CC)OC. The largest absolute Gasteiger partial charge is 0.377 e. The number of ether oxygens (including phenoxy) is 1. The zero-order valence-corrected chi connectivity index (χ0v) is 14.9. The Hall–Kier alpha value is -0.570. The minimum absolute atomic E-state index is 0.136. The molecule has 0 heterocycles. The number of hydrogen-bond acceptors (Lipinski definition) is 2. The number of aryl methyl sites for hydroxylation is 1. The summed E-state index contributed by atoms with van der Waals surface area (Å²) in [6, 6.07) is 6.59. The standard InChI is InChI=1S/C18H30ClNO/c1-6-11-20-17(18(7-2,8-3)21-5)13-15-10-9-14(4)12-16(15)19/h9-10,12,17,20H,6-8,11,13H2,1-5H3. The van der Waals surface area contributed by atoms with Crippen molar-refractivity contribution in [3.05, 3.63) is 34.3 Å². The van der Waals surface area contributed by atoms with Crippen LogP contribution in [0.3, 0.4) is 0 Å². The summed E-state index contributed by atoms with van der Waals surface area (Å²) in [6.45, 7) is 9.66. The molecule has 2 nitrogen and oxygen atoms in total. The first-order valence-corrected chi connectivity index (χ1v) is 8.44. The molecule has 0 bridgehead atoms. The second kappa shape index (κ2) is 8.77. The third kappa shape index (κ3) is 4.70. The summed E-state index contributed by atoms with van der Waals surface area (Å²) >= 11 is 6.42. The Morgan fingerprint density at radius 1 is 1.24 bits per heavy atom. The Kier molecular flexibility index (Phi) is 7.72. The lowest BCUT2D eigenvalue weighted by Gasteiger charge is -2.39. The Bertz CT molecular complexity index is 421. The zero-order valence-electron chi connectivity index (χ0n) is 14.1. The molecule has 1 atom stereocenters. The minimum atomic E-state index is -0.136. The number of methoxy groups -OCH3 is 1. The first kappa shape index (κ1) is 18.5. The van der Waals surface area contributed by atoms with Gasteiger partial charge in [0, 0.05) is 18.2 Å². The summed E-state index contributed by atoms with van der Waals surface area (Å²) in [6.07, 6.45) is 4.00. The lowest BCUT2D eigenvalue weighted by atomic mass is 9.84. The van der Waals surface area contributed by atoms with Crippen LogP contribution in [0.25, 0.3) is 0 Å². The first-order chi connectivity index (χ1) is 10.0. The van der Waals surface area contributed by atoms with Crippen LogP contribution < -0.4 is 5.32 Å². The minimum Gasteiger partial charge on any atom is -0.377 e. The molecular formula is C18H30ClNO. The number of nitrogens with one attached hydrogen (secondary N) is 1. The van der Waals surface area contributed by atoms with Gasteiger partial charge in [0.05, 0.1) is 5.60 Å². The monoisotopic (exact) mass is 311 g/mol. The average molecular weight is 312 g/mol. The molecular weight excluding hydrogens is 282 g/mol. The molecule has 0 radical (unpaired) electrons. The molecule has 0 saturated carbocycles. The van der Waals surface area contributed by atoms with Crippen LogP contribution in [0, 0.1) is 6.92 Å². The van der Waals surface area contributed by atoms with E-state index in [0.717, 1.165) is 37.3 Å². The number of rotatable bonds is 9. The topological polar surface area (TPSA) is 21.3 Å². The van der Waals surface area contributed by atoms with Gasteiger partial charge in [-0.25, -0.2) is 0 Å². The molecule has 0 aliphatic rings. The van der Waals surface area contributed by atoms with E-state index in [0.29, 0.717) is 0 Å². The van der Waals surface area contributed by atoms with Gasteiger partial charge in [0.25, 0.3) is 0 Å². The molecule has 1 aromatic carbocycles. The van der Waals surface area contributed by atoms with E-state index in [2.05, 4.69) is 45.1 Å². The van der Waals surface area contributed by atoms with Crippen molar-refractivity contribution < 1.29 is 4.74 Å². The average Bonchev–Trinajstić information content (AvgIpc) is 2.49. The maximum absolute atomic E-state index is 6.42. The Morgan fingerprint density at radius 3 is 2.38 bits per heavy atom. The van der Waals surface area contributed by atoms with Crippen LogP contribution in [0.2, 0.25) is 5.02 Å². The van der Waals surface area contributed by atoms with Crippen molar-refractivity contribution >= 4 is 11.6 Å². The normalized spacial score (nSPS) is 13.4. The molecule has 0 fully saturated rings. The number of benzene rings is 1. The van der Waals surface area contributed by atoms with Gasteiger partial charge >= 0.3 is 0 Å². The first-order valence-electron chi connectivity index (χ1n) is 8.06. The molecule has 0 saturated heterocycles. The van der Waals surface area contributed by atoms with Crippen LogP contribution in [0.4, 0.5) is 0 Å². The van der Waals surface area contributed by atoms with Crippen LogP contribution in [0.1, 0.15) is 51.2 Å². The molecule has 1 rings (SSSR count). The number of halogens is 1. The lowest BCUT2D eigenvalue weighted by Crippen LogP contribution is -2.53. The lowest BCUT2D eigenvalue weighted by molar-refractivity contribution is -0.0471. The van der Waals surface area contributed by atoms with E-state index in [9.17, 15) is 0 Å². The molecule has 0 spiro atoms. The Morgan fingerprint density at radius 2 is 1.90 bits per heavy atom. The summed E-state index contributed by atoms with van der Waals surface area (Å²) in [5.74, 6) is 0. The highest BCUT2D eigenvalue weighted by Gasteiger charge is 2.35. The van der Waals surface area contributed by atoms with Gasteiger partial charge in [-0.05, 0) is 56.3 Å². The van der Waals surface area contributed by atoms with E-state index in [1.54, 1.807) is 0 Å². The summed E-state index contributed by atoms with van der Waals surface area (Å²) < 4.78 is 5.93. The van der Waals surface area contributed by atoms with Crippen LogP contribution in [-0.2, 0) is 11.2 Å². The fourth-order valence-corrected chi connectivity index (χ4v) is 3.29. The molecule has 1 unspecified atom stereocenters. The van der Waals surface area contributed by atoms with Crippen molar-refractivity contribution in [2.75, 3.05) is 13.7 Å². The maximum atomic E-state index is 6.42. The molecule has 1 N–H and O–H groups in total. The van der Waals surface area contributed by atoms with Crippen molar-refractivity contribution in [1.82, 2.24) is 5.32 Å². The van der Waals surface area contributed by atoms with Gasteiger partial charge in [0.1, 0.15) is 0 Å². The van der Waals surface area contributed by atoms with E-state index in [1.165, 1.54) is 11.1 Å². The predicted molar refractivity (Wildman–Crippen MR) is 92.3 cm³/mol. The quantitative estimate of drug-likeness (QED) is 0.709. The highest BCUT2D eigenvalue weighted by Crippen LogP contribution is 2.29. The third-order valence-corrected chi connectivity index (χ3v) is 4.86. The van der Waals surface area contributed by atoms with E-state index >= 15 is 0 Å². The fraction of sp³-hybridized carbons (Fsp3) is 0.667. The summed E-state index contributed by atoms with van der Waals surface area (Å²) in [5.41, 5.74) is 2.26. The summed E-state index contributed by atoms with van der Waals surface area (Å²) in [4.78, 5) is 0. The van der Waals surface area contributed by atoms with E-state index in [4.69, 9.17) is 16.3 Å². The molecule has 0 amide bonds. The molecule has 0 aliphatic carbocycles. The Labute approximate surface area is 135 Å². The van der Waals surface area contributed by atoms with Crippen LogP contribution >= 0.6 is 11.6 Å². The van der Waals surface area contributed by atoms with Crippen molar-refractivity contribution in [3.63, 3.8) is 0 Å². The van der Waals surface area contributed by atoms with Crippen LogP contribution in [-0.4, -0.2) is 25.3 Å². The predicted octanol–water partition coefficient (Wildman–Crippen LogP) is 4.76. The van der Waals surface area contributed by atoms with E-state index < -0.39 is 0 Å². The van der Waals surface area contributed by atoms with Crippen molar-refractivity contribution in [1.29, 1.82) is 0 Å². The highest BCUT2D eigenvalue weighted by molar-refractivity contribution is 6.31. The molecule has 0 aliphatic heterocycles. The molecule has 21 heavy (non-hydrogen) atoms.